The van der Waals surface area contributed by atoms with E-state index in [9.17, 15) is 4.79 Å². The average Bonchev–Trinajstić information content (AvgIpc) is 3.21. The highest BCUT2D eigenvalue weighted by Gasteiger charge is 2.44. The van der Waals surface area contributed by atoms with Crippen LogP contribution < -0.4 is 5.32 Å². The minimum Gasteiger partial charge on any atom is -0.379 e. The van der Waals surface area contributed by atoms with Crippen molar-refractivity contribution >= 4 is 29.0 Å². The molecule has 0 spiro atoms. The molecule has 1 aliphatic heterocycles. The van der Waals surface area contributed by atoms with Crippen molar-refractivity contribution in [2.24, 2.45) is 0 Å². The predicted molar refractivity (Wildman–Crippen MR) is 86.1 cm³/mol. The smallest absolute Gasteiger partial charge is 0.264 e. The predicted octanol–water partition coefficient (Wildman–Crippen LogP) is 1.19. The van der Waals surface area contributed by atoms with Gasteiger partial charge in [0.05, 0.1) is 18.7 Å². The summed E-state index contributed by atoms with van der Waals surface area (Å²) in [7, 11) is 1.60. The van der Waals surface area contributed by atoms with Gasteiger partial charge in [0.25, 0.3) is 5.91 Å². The molecule has 1 N–H and O–H groups in total. The van der Waals surface area contributed by atoms with Gasteiger partial charge in [0, 0.05) is 38.2 Å². The minimum atomic E-state index is -0.964. The number of hydrogen-bond acceptors (Lipinski definition) is 7. The van der Waals surface area contributed by atoms with Gasteiger partial charge in [0.15, 0.2) is 0 Å². The van der Waals surface area contributed by atoms with Crippen molar-refractivity contribution in [3.63, 3.8) is 0 Å². The normalized spacial score (nSPS) is 22.2. The molecule has 1 unspecified atom stereocenters. The Balaban J connectivity index is 1.75. The number of thioether (sulfide) groups is 1. The van der Waals surface area contributed by atoms with Crippen LogP contribution >= 0.6 is 23.1 Å². The molecular formula is C14H21N3O3S2. The second kappa shape index (κ2) is 7.27. The van der Waals surface area contributed by atoms with Crippen LogP contribution in [0.4, 0.5) is 0 Å². The van der Waals surface area contributed by atoms with Gasteiger partial charge < -0.3 is 14.8 Å². The standard InChI is InChI=1S/C14H21N3O3S2/c1-19-14(13(18)16-11-2-3-11,22-12-8-21-10-15-12)9-17-4-6-20-7-5-17/h8,10-11H,2-7,9H2,1H3,(H,16,18). The van der Waals surface area contributed by atoms with E-state index in [1.165, 1.54) is 23.1 Å². The van der Waals surface area contributed by atoms with E-state index in [0.29, 0.717) is 25.8 Å². The number of rotatable bonds is 7. The lowest BCUT2D eigenvalue weighted by Crippen LogP contribution is -2.55. The Morgan fingerprint density at radius 1 is 1.59 bits per heavy atom. The highest BCUT2D eigenvalue weighted by Crippen LogP contribution is 2.36. The first kappa shape index (κ1) is 16.2. The van der Waals surface area contributed by atoms with Gasteiger partial charge in [-0.05, 0) is 12.8 Å². The summed E-state index contributed by atoms with van der Waals surface area (Å²) >= 11 is 2.92. The summed E-state index contributed by atoms with van der Waals surface area (Å²) in [5.74, 6) is -0.0537. The number of nitrogens with zero attached hydrogens (tertiary/aromatic N) is 2. The maximum absolute atomic E-state index is 12.8. The lowest BCUT2D eigenvalue weighted by Gasteiger charge is -2.36. The van der Waals surface area contributed by atoms with Crippen molar-refractivity contribution in [1.29, 1.82) is 0 Å². The molecule has 1 aromatic heterocycles. The Kier molecular flexibility index (Phi) is 5.35. The molecule has 0 bridgehead atoms. The molecule has 22 heavy (non-hydrogen) atoms. The molecule has 1 aromatic rings. The molecule has 1 amide bonds. The van der Waals surface area contributed by atoms with E-state index in [1.807, 2.05) is 5.38 Å². The largest absolute Gasteiger partial charge is 0.379 e. The molecule has 0 radical (unpaired) electrons. The number of nitrogens with one attached hydrogen (secondary N) is 1. The third kappa shape index (κ3) is 3.99. The van der Waals surface area contributed by atoms with E-state index in [2.05, 4.69) is 15.2 Å². The summed E-state index contributed by atoms with van der Waals surface area (Å²) < 4.78 is 11.1. The second-order valence-corrected chi connectivity index (χ2v) is 7.52. The maximum Gasteiger partial charge on any atom is 0.264 e. The van der Waals surface area contributed by atoms with Crippen LogP contribution in [0.2, 0.25) is 0 Å². The van der Waals surface area contributed by atoms with Gasteiger partial charge in [-0.15, -0.1) is 11.3 Å². The first-order valence-corrected chi connectivity index (χ1v) is 9.21. The van der Waals surface area contributed by atoms with Crippen LogP contribution in [0, 0.1) is 0 Å². The first-order valence-electron chi connectivity index (χ1n) is 7.45. The summed E-state index contributed by atoms with van der Waals surface area (Å²) in [6.45, 7) is 3.57. The number of amides is 1. The van der Waals surface area contributed by atoms with Crippen LogP contribution in [0.5, 0.6) is 0 Å². The molecule has 2 fully saturated rings. The Morgan fingerprint density at radius 3 is 2.95 bits per heavy atom. The Bertz CT molecular complexity index is 490. The molecular weight excluding hydrogens is 322 g/mol. The van der Waals surface area contributed by atoms with E-state index >= 15 is 0 Å². The first-order chi connectivity index (χ1) is 10.7. The molecule has 122 valence electrons. The third-order valence-corrected chi connectivity index (χ3v) is 5.78. The number of methoxy groups -OCH3 is 1. The molecule has 1 saturated heterocycles. The lowest BCUT2D eigenvalue weighted by molar-refractivity contribution is -0.136. The fraction of sp³-hybridized carbons (Fsp3) is 0.714. The maximum atomic E-state index is 12.8. The molecule has 2 aliphatic rings. The van der Waals surface area contributed by atoms with E-state index in [-0.39, 0.29) is 5.91 Å². The van der Waals surface area contributed by atoms with Crippen molar-refractivity contribution in [1.82, 2.24) is 15.2 Å². The molecule has 0 aromatic carbocycles. The van der Waals surface area contributed by atoms with Crippen molar-refractivity contribution in [3.05, 3.63) is 10.9 Å². The molecule has 6 nitrogen and oxygen atoms in total. The van der Waals surface area contributed by atoms with E-state index in [1.54, 1.807) is 12.6 Å². The summed E-state index contributed by atoms with van der Waals surface area (Å²) in [5, 5.41) is 5.85. The number of morpholine rings is 1. The van der Waals surface area contributed by atoms with E-state index in [4.69, 9.17) is 9.47 Å². The number of thiazole rings is 1. The highest BCUT2D eigenvalue weighted by molar-refractivity contribution is 8.01. The number of carbonyl (C=O) groups is 1. The van der Waals surface area contributed by atoms with Crippen LogP contribution in [0.15, 0.2) is 15.9 Å². The van der Waals surface area contributed by atoms with Gasteiger partial charge in [-0.2, -0.15) is 0 Å². The SMILES string of the molecule is COC(CN1CCOCC1)(Sc1cscn1)C(=O)NC1CC1. The molecule has 8 heteroatoms. The van der Waals surface area contributed by atoms with Crippen molar-refractivity contribution in [2.75, 3.05) is 40.0 Å². The van der Waals surface area contributed by atoms with Gasteiger partial charge in [-0.1, -0.05) is 11.8 Å². The monoisotopic (exact) mass is 343 g/mol. The van der Waals surface area contributed by atoms with Gasteiger partial charge >= 0.3 is 0 Å². The van der Waals surface area contributed by atoms with Crippen LogP contribution in [0.25, 0.3) is 0 Å². The molecule has 1 saturated carbocycles. The van der Waals surface area contributed by atoms with Crippen LogP contribution in [0.3, 0.4) is 0 Å². The Hall–Kier alpha value is -0.670. The zero-order valence-electron chi connectivity index (χ0n) is 12.6. The van der Waals surface area contributed by atoms with Gasteiger partial charge in [0.2, 0.25) is 4.93 Å². The quantitative estimate of drug-likeness (QED) is 0.593. The summed E-state index contributed by atoms with van der Waals surface area (Å²) in [6, 6.07) is 0.308. The second-order valence-electron chi connectivity index (χ2n) is 5.52. The zero-order chi connectivity index (χ0) is 15.4. The number of carbonyl (C=O) groups excluding carboxylic acids is 1. The topological polar surface area (TPSA) is 63.7 Å². The number of hydrogen-bond donors (Lipinski definition) is 1. The Labute approximate surface area is 138 Å². The van der Waals surface area contributed by atoms with Gasteiger partial charge in [-0.25, -0.2) is 4.98 Å². The van der Waals surface area contributed by atoms with Crippen LogP contribution in [-0.4, -0.2) is 66.7 Å². The van der Waals surface area contributed by atoms with E-state index < -0.39 is 4.93 Å². The fourth-order valence-electron chi connectivity index (χ4n) is 2.35. The van der Waals surface area contributed by atoms with Crippen molar-refractivity contribution in [2.45, 2.75) is 28.8 Å². The minimum absolute atomic E-state index is 0.0537. The fourth-order valence-corrected chi connectivity index (χ4v) is 4.11. The molecule has 3 rings (SSSR count). The van der Waals surface area contributed by atoms with Crippen LogP contribution in [0.1, 0.15) is 12.8 Å². The van der Waals surface area contributed by atoms with Gasteiger partial charge in [-0.3, -0.25) is 9.69 Å². The molecule has 1 aliphatic carbocycles. The third-order valence-electron chi connectivity index (χ3n) is 3.80. The van der Waals surface area contributed by atoms with Crippen LogP contribution in [-0.2, 0) is 14.3 Å². The summed E-state index contributed by atoms with van der Waals surface area (Å²) in [5.41, 5.74) is 1.77. The highest BCUT2D eigenvalue weighted by atomic mass is 32.2. The zero-order valence-corrected chi connectivity index (χ0v) is 14.3. The number of ether oxygens (including phenoxy) is 2. The van der Waals surface area contributed by atoms with Crippen molar-refractivity contribution < 1.29 is 14.3 Å². The summed E-state index contributed by atoms with van der Waals surface area (Å²) in [4.78, 5) is 18.4. The Morgan fingerprint density at radius 2 is 2.36 bits per heavy atom. The van der Waals surface area contributed by atoms with Crippen molar-refractivity contribution in [3.8, 4) is 0 Å². The molecule has 2 heterocycles. The van der Waals surface area contributed by atoms with Gasteiger partial charge in [0.1, 0.15) is 5.03 Å². The average molecular weight is 343 g/mol. The molecule has 1 atom stereocenters. The summed E-state index contributed by atoms with van der Waals surface area (Å²) in [6.07, 6.45) is 2.12. The lowest BCUT2D eigenvalue weighted by atomic mass is 10.2. The number of aromatic nitrogens is 1. The van der Waals surface area contributed by atoms with E-state index in [0.717, 1.165) is 31.0 Å².